The van der Waals surface area contributed by atoms with Crippen LogP contribution in [0.15, 0.2) is 48.5 Å². The Morgan fingerprint density at radius 1 is 0.625 bits per heavy atom. The lowest BCUT2D eigenvalue weighted by molar-refractivity contribution is 0.0917. The minimum Gasteiger partial charge on any atom is -0.294 e. The molecule has 0 amide bonds. The first-order valence-electron chi connectivity index (χ1n) is 8.88. The van der Waals surface area contributed by atoms with Crippen molar-refractivity contribution in [2.24, 2.45) is 0 Å². The van der Waals surface area contributed by atoms with Crippen molar-refractivity contribution in [1.29, 1.82) is 0 Å². The van der Waals surface area contributed by atoms with Crippen molar-refractivity contribution < 1.29 is 9.59 Å². The summed E-state index contributed by atoms with van der Waals surface area (Å²) in [4.78, 5) is 24.5. The number of Topliss-reactive ketones (excluding diaryl/α,β-unsaturated/α-hetero) is 2. The molecule has 0 saturated carbocycles. The van der Waals surface area contributed by atoms with Gasteiger partial charge in [0.15, 0.2) is 11.6 Å². The molecule has 2 aromatic carbocycles. The molecule has 0 N–H and O–H groups in total. The van der Waals surface area contributed by atoms with E-state index >= 15 is 0 Å². The Bertz CT molecular complexity index is 605. The standard InChI is InChI=1S/C22H26O2/c1-3-5-17-7-11-19(12-8-17)21(23)15-16-22(24)20-13-9-18(6-4-2)10-14-20/h7-14H,3-6,15-16H2,1-2H3. The van der Waals surface area contributed by atoms with Crippen LogP contribution in [0.25, 0.3) is 0 Å². The molecule has 2 aromatic rings. The van der Waals surface area contributed by atoms with E-state index in [2.05, 4.69) is 13.8 Å². The van der Waals surface area contributed by atoms with Crippen LogP contribution in [0, 0.1) is 0 Å². The Labute approximate surface area is 144 Å². The van der Waals surface area contributed by atoms with Crippen molar-refractivity contribution in [3.63, 3.8) is 0 Å². The third kappa shape index (κ3) is 5.16. The number of hydrogen-bond acceptors (Lipinski definition) is 2. The first-order valence-corrected chi connectivity index (χ1v) is 8.88. The Balaban J connectivity index is 1.89. The molecule has 0 spiro atoms. The first kappa shape index (κ1) is 18.1. The molecule has 0 aliphatic heterocycles. The van der Waals surface area contributed by atoms with Crippen LogP contribution in [0.3, 0.4) is 0 Å². The molecule has 0 aromatic heterocycles. The molecule has 0 unspecified atom stereocenters. The Hall–Kier alpha value is -2.22. The highest BCUT2D eigenvalue weighted by molar-refractivity contribution is 6.02. The van der Waals surface area contributed by atoms with E-state index in [1.54, 1.807) is 0 Å². The molecule has 0 saturated heterocycles. The van der Waals surface area contributed by atoms with Crippen LogP contribution in [0.1, 0.15) is 71.4 Å². The molecule has 0 bridgehead atoms. The van der Waals surface area contributed by atoms with Gasteiger partial charge in [0.05, 0.1) is 0 Å². The van der Waals surface area contributed by atoms with Gasteiger partial charge in [-0.25, -0.2) is 0 Å². The molecule has 0 aliphatic rings. The number of hydrogen-bond donors (Lipinski definition) is 0. The lowest BCUT2D eigenvalue weighted by Crippen LogP contribution is -2.05. The van der Waals surface area contributed by atoms with Gasteiger partial charge in [-0.1, -0.05) is 75.2 Å². The zero-order chi connectivity index (χ0) is 17.4. The quantitative estimate of drug-likeness (QED) is 0.576. The van der Waals surface area contributed by atoms with Gasteiger partial charge in [0.25, 0.3) is 0 Å². The van der Waals surface area contributed by atoms with Gasteiger partial charge in [0, 0.05) is 24.0 Å². The average Bonchev–Trinajstić information content (AvgIpc) is 2.61. The molecule has 0 radical (unpaired) electrons. The number of ketones is 2. The summed E-state index contributed by atoms with van der Waals surface area (Å²) in [5.74, 6) is 0.0722. The lowest BCUT2D eigenvalue weighted by Gasteiger charge is -2.04. The van der Waals surface area contributed by atoms with Gasteiger partial charge in [0.2, 0.25) is 0 Å². The predicted octanol–water partition coefficient (Wildman–Crippen LogP) is 5.44. The summed E-state index contributed by atoms with van der Waals surface area (Å²) in [6.45, 7) is 4.28. The highest BCUT2D eigenvalue weighted by atomic mass is 16.1. The van der Waals surface area contributed by atoms with E-state index in [0.29, 0.717) is 11.1 Å². The van der Waals surface area contributed by atoms with Crippen LogP contribution in [0.4, 0.5) is 0 Å². The molecule has 0 atom stereocenters. The van der Waals surface area contributed by atoms with Crippen molar-refractivity contribution in [3.05, 3.63) is 70.8 Å². The van der Waals surface area contributed by atoms with Gasteiger partial charge in [0.1, 0.15) is 0 Å². The van der Waals surface area contributed by atoms with Crippen LogP contribution >= 0.6 is 0 Å². The van der Waals surface area contributed by atoms with E-state index in [4.69, 9.17) is 0 Å². The van der Waals surface area contributed by atoms with Gasteiger partial charge >= 0.3 is 0 Å². The molecular formula is C22H26O2. The lowest BCUT2D eigenvalue weighted by atomic mass is 9.99. The number of carbonyl (C=O) groups excluding carboxylic acids is 2. The summed E-state index contributed by atoms with van der Waals surface area (Å²) in [6, 6.07) is 15.5. The minimum atomic E-state index is 0.0361. The van der Waals surface area contributed by atoms with Crippen molar-refractivity contribution in [2.45, 2.75) is 52.4 Å². The van der Waals surface area contributed by atoms with Crippen molar-refractivity contribution in [3.8, 4) is 0 Å². The van der Waals surface area contributed by atoms with Gasteiger partial charge in [-0.2, -0.15) is 0 Å². The molecular weight excluding hydrogens is 296 g/mol. The SMILES string of the molecule is CCCc1ccc(C(=O)CCC(=O)c2ccc(CCC)cc2)cc1. The predicted molar refractivity (Wildman–Crippen MR) is 98.8 cm³/mol. The maximum absolute atomic E-state index is 12.2. The number of carbonyl (C=O) groups is 2. The molecule has 0 heterocycles. The maximum atomic E-state index is 12.2. The van der Waals surface area contributed by atoms with E-state index in [1.165, 1.54) is 11.1 Å². The highest BCUT2D eigenvalue weighted by Crippen LogP contribution is 2.13. The van der Waals surface area contributed by atoms with Crippen molar-refractivity contribution in [2.75, 3.05) is 0 Å². The second kappa shape index (κ2) is 9.17. The largest absolute Gasteiger partial charge is 0.294 e. The summed E-state index contributed by atoms with van der Waals surface area (Å²) < 4.78 is 0. The van der Waals surface area contributed by atoms with Gasteiger partial charge in [-0.15, -0.1) is 0 Å². The number of rotatable bonds is 9. The van der Waals surface area contributed by atoms with Crippen LogP contribution in [0.5, 0.6) is 0 Å². The molecule has 2 rings (SSSR count). The summed E-state index contributed by atoms with van der Waals surface area (Å²) in [7, 11) is 0. The molecule has 2 nitrogen and oxygen atoms in total. The Kier molecular flexibility index (Phi) is 6.92. The van der Waals surface area contributed by atoms with Gasteiger partial charge in [-0.05, 0) is 24.0 Å². The average molecular weight is 322 g/mol. The monoisotopic (exact) mass is 322 g/mol. The summed E-state index contributed by atoms with van der Waals surface area (Å²) >= 11 is 0. The first-order chi connectivity index (χ1) is 11.6. The summed E-state index contributed by atoms with van der Waals surface area (Å²) in [5, 5.41) is 0. The molecule has 2 heteroatoms. The summed E-state index contributed by atoms with van der Waals surface area (Å²) in [5.41, 5.74) is 3.89. The summed E-state index contributed by atoms with van der Waals surface area (Å²) in [6.07, 6.45) is 4.78. The van der Waals surface area contributed by atoms with E-state index < -0.39 is 0 Å². The fraction of sp³-hybridized carbons (Fsp3) is 0.364. The maximum Gasteiger partial charge on any atom is 0.163 e. The Morgan fingerprint density at radius 2 is 0.958 bits per heavy atom. The second-order valence-corrected chi connectivity index (χ2v) is 6.24. The smallest absolute Gasteiger partial charge is 0.163 e. The third-order valence-corrected chi connectivity index (χ3v) is 4.21. The highest BCUT2D eigenvalue weighted by Gasteiger charge is 2.11. The zero-order valence-corrected chi connectivity index (χ0v) is 14.7. The third-order valence-electron chi connectivity index (χ3n) is 4.21. The fourth-order valence-corrected chi connectivity index (χ4v) is 2.81. The molecule has 0 aliphatic carbocycles. The van der Waals surface area contributed by atoms with Gasteiger partial charge in [-0.3, -0.25) is 9.59 Å². The van der Waals surface area contributed by atoms with Gasteiger partial charge < -0.3 is 0 Å². The van der Waals surface area contributed by atoms with E-state index in [0.717, 1.165) is 25.7 Å². The Morgan fingerprint density at radius 3 is 1.25 bits per heavy atom. The number of aryl methyl sites for hydroxylation is 2. The molecule has 126 valence electrons. The van der Waals surface area contributed by atoms with E-state index in [-0.39, 0.29) is 24.4 Å². The van der Waals surface area contributed by atoms with Crippen molar-refractivity contribution >= 4 is 11.6 Å². The normalized spacial score (nSPS) is 10.6. The topological polar surface area (TPSA) is 34.1 Å². The fourth-order valence-electron chi connectivity index (χ4n) is 2.81. The molecule has 24 heavy (non-hydrogen) atoms. The second-order valence-electron chi connectivity index (χ2n) is 6.24. The zero-order valence-electron chi connectivity index (χ0n) is 14.7. The van der Waals surface area contributed by atoms with Crippen LogP contribution in [-0.2, 0) is 12.8 Å². The number of benzene rings is 2. The van der Waals surface area contributed by atoms with E-state index in [1.807, 2.05) is 48.5 Å². The van der Waals surface area contributed by atoms with Crippen LogP contribution in [0.2, 0.25) is 0 Å². The van der Waals surface area contributed by atoms with E-state index in [9.17, 15) is 9.59 Å². The minimum absolute atomic E-state index is 0.0361. The van der Waals surface area contributed by atoms with Crippen LogP contribution < -0.4 is 0 Å². The van der Waals surface area contributed by atoms with Crippen LogP contribution in [-0.4, -0.2) is 11.6 Å². The van der Waals surface area contributed by atoms with Crippen molar-refractivity contribution in [1.82, 2.24) is 0 Å². The molecule has 0 fully saturated rings.